The van der Waals surface area contributed by atoms with Gasteiger partial charge in [-0.1, -0.05) is 6.07 Å². The first-order valence-corrected chi connectivity index (χ1v) is 7.45. The maximum absolute atomic E-state index is 12.4. The molecule has 0 aliphatic heterocycles. The molecular weight excluding hydrogens is 264 g/mol. The minimum Gasteiger partial charge on any atom is -0.342 e. The van der Waals surface area contributed by atoms with Gasteiger partial charge in [0.1, 0.15) is 5.69 Å². The Balaban J connectivity index is 1.77. The zero-order chi connectivity index (χ0) is 14.8. The van der Waals surface area contributed by atoms with Gasteiger partial charge in [-0.3, -0.25) is 14.5 Å². The minimum atomic E-state index is -0.123. The van der Waals surface area contributed by atoms with Crippen molar-refractivity contribution in [2.24, 2.45) is 5.92 Å². The van der Waals surface area contributed by atoms with Crippen molar-refractivity contribution in [3.05, 3.63) is 47.5 Å². The SMILES string of the molecule is CCn1ccc(C(=O)N[C@H](c2cccc(C)n2)C2CC2)n1. The molecule has 2 aromatic rings. The molecule has 1 aliphatic carbocycles. The van der Waals surface area contributed by atoms with Crippen LogP contribution in [0, 0.1) is 12.8 Å². The summed E-state index contributed by atoms with van der Waals surface area (Å²) in [5.74, 6) is 0.374. The Hall–Kier alpha value is -2.17. The van der Waals surface area contributed by atoms with E-state index in [1.54, 1.807) is 10.7 Å². The summed E-state index contributed by atoms with van der Waals surface area (Å²) in [4.78, 5) is 16.9. The second-order valence-electron chi connectivity index (χ2n) is 5.55. The largest absolute Gasteiger partial charge is 0.342 e. The van der Waals surface area contributed by atoms with Gasteiger partial charge in [0.05, 0.1) is 11.7 Å². The van der Waals surface area contributed by atoms with Crippen LogP contribution >= 0.6 is 0 Å². The van der Waals surface area contributed by atoms with Crippen LogP contribution < -0.4 is 5.32 Å². The molecule has 2 heterocycles. The molecule has 110 valence electrons. The maximum atomic E-state index is 12.4. The fraction of sp³-hybridized carbons (Fsp3) is 0.438. The number of nitrogens with one attached hydrogen (secondary N) is 1. The molecule has 21 heavy (non-hydrogen) atoms. The lowest BCUT2D eigenvalue weighted by atomic mass is 10.1. The number of amides is 1. The van der Waals surface area contributed by atoms with Gasteiger partial charge in [0.2, 0.25) is 0 Å². The van der Waals surface area contributed by atoms with Gasteiger partial charge in [-0.15, -0.1) is 0 Å². The highest BCUT2D eigenvalue weighted by Gasteiger charge is 2.34. The summed E-state index contributed by atoms with van der Waals surface area (Å²) < 4.78 is 1.76. The van der Waals surface area contributed by atoms with E-state index in [1.165, 1.54) is 0 Å². The summed E-state index contributed by atoms with van der Waals surface area (Å²) >= 11 is 0. The van der Waals surface area contributed by atoms with Crippen LogP contribution in [-0.4, -0.2) is 20.7 Å². The Morgan fingerprint density at radius 3 is 2.86 bits per heavy atom. The summed E-state index contributed by atoms with van der Waals surface area (Å²) in [5.41, 5.74) is 2.39. The van der Waals surface area contributed by atoms with Crippen LogP contribution in [-0.2, 0) is 6.54 Å². The monoisotopic (exact) mass is 284 g/mol. The van der Waals surface area contributed by atoms with E-state index >= 15 is 0 Å². The number of carbonyl (C=O) groups is 1. The quantitative estimate of drug-likeness (QED) is 0.917. The molecule has 1 fully saturated rings. The standard InChI is InChI=1S/C16H20N4O/c1-3-20-10-9-14(19-20)16(21)18-15(12-7-8-12)13-6-4-5-11(2)17-13/h4-6,9-10,12,15H,3,7-8H2,1-2H3,(H,18,21)/t15-/m0/s1. The van der Waals surface area contributed by atoms with Crippen molar-refractivity contribution in [1.29, 1.82) is 0 Å². The van der Waals surface area contributed by atoms with Crippen molar-refractivity contribution < 1.29 is 4.79 Å². The molecular formula is C16H20N4O. The Kier molecular flexibility index (Phi) is 3.73. The lowest BCUT2D eigenvalue weighted by molar-refractivity contribution is 0.0924. The summed E-state index contributed by atoms with van der Waals surface area (Å²) in [6, 6.07) is 7.69. The number of carbonyl (C=O) groups excluding carboxylic acids is 1. The van der Waals surface area contributed by atoms with Gasteiger partial charge in [0.25, 0.3) is 5.91 Å². The zero-order valence-electron chi connectivity index (χ0n) is 12.4. The highest BCUT2D eigenvalue weighted by molar-refractivity contribution is 5.92. The summed E-state index contributed by atoms with van der Waals surface area (Å²) in [5, 5.41) is 7.36. The number of aryl methyl sites for hydroxylation is 2. The fourth-order valence-corrected chi connectivity index (χ4v) is 2.47. The van der Waals surface area contributed by atoms with Crippen LogP contribution in [0.4, 0.5) is 0 Å². The van der Waals surface area contributed by atoms with Crippen molar-refractivity contribution >= 4 is 5.91 Å². The molecule has 0 radical (unpaired) electrons. The predicted octanol–water partition coefficient (Wildman–Crippen LogP) is 2.49. The molecule has 0 unspecified atom stereocenters. The van der Waals surface area contributed by atoms with Crippen molar-refractivity contribution in [3.63, 3.8) is 0 Å². The molecule has 0 bridgehead atoms. The predicted molar refractivity (Wildman–Crippen MR) is 79.8 cm³/mol. The van der Waals surface area contributed by atoms with Gasteiger partial charge < -0.3 is 5.32 Å². The summed E-state index contributed by atoms with van der Waals surface area (Å²) in [6.07, 6.45) is 4.11. The van der Waals surface area contributed by atoms with E-state index in [-0.39, 0.29) is 11.9 Å². The minimum absolute atomic E-state index is 0.0100. The number of hydrogen-bond acceptors (Lipinski definition) is 3. The molecule has 1 atom stereocenters. The van der Waals surface area contributed by atoms with Gasteiger partial charge in [-0.05, 0) is 50.8 Å². The third kappa shape index (κ3) is 3.12. The second kappa shape index (κ2) is 5.68. The number of hydrogen-bond donors (Lipinski definition) is 1. The molecule has 2 aromatic heterocycles. The zero-order valence-corrected chi connectivity index (χ0v) is 12.4. The highest BCUT2D eigenvalue weighted by atomic mass is 16.2. The molecule has 1 amide bonds. The van der Waals surface area contributed by atoms with Gasteiger partial charge >= 0.3 is 0 Å². The highest BCUT2D eigenvalue weighted by Crippen LogP contribution is 2.40. The van der Waals surface area contributed by atoms with E-state index in [0.29, 0.717) is 11.6 Å². The van der Waals surface area contributed by atoms with Crippen LogP contribution in [0.3, 0.4) is 0 Å². The smallest absolute Gasteiger partial charge is 0.272 e. The van der Waals surface area contributed by atoms with Crippen molar-refractivity contribution in [3.8, 4) is 0 Å². The lowest BCUT2D eigenvalue weighted by Gasteiger charge is -2.17. The van der Waals surface area contributed by atoms with E-state index in [9.17, 15) is 4.79 Å². The Morgan fingerprint density at radius 2 is 2.24 bits per heavy atom. The van der Waals surface area contributed by atoms with E-state index in [2.05, 4.69) is 15.4 Å². The van der Waals surface area contributed by atoms with Crippen LogP contribution in [0.25, 0.3) is 0 Å². The maximum Gasteiger partial charge on any atom is 0.272 e. The van der Waals surface area contributed by atoms with Crippen molar-refractivity contribution in [2.75, 3.05) is 0 Å². The molecule has 5 nitrogen and oxygen atoms in total. The second-order valence-corrected chi connectivity index (χ2v) is 5.55. The first-order valence-electron chi connectivity index (χ1n) is 7.45. The van der Waals surface area contributed by atoms with Crippen LogP contribution in [0.5, 0.6) is 0 Å². The Bertz CT molecular complexity index is 645. The molecule has 0 saturated heterocycles. The Labute approximate surface area is 124 Å². The van der Waals surface area contributed by atoms with Crippen LogP contribution in [0.2, 0.25) is 0 Å². The number of nitrogens with zero attached hydrogens (tertiary/aromatic N) is 3. The molecule has 1 saturated carbocycles. The van der Waals surface area contributed by atoms with Crippen molar-refractivity contribution in [1.82, 2.24) is 20.1 Å². The fourth-order valence-electron chi connectivity index (χ4n) is 2.47. The first kappa shape index (κ1) is 13.8. The van der Waals surface area contributed by atoms with Gasteiger partial charge in [0.15, 0.2) is 0 Å². The third-order valence-corrected chi connectivity index (χ3v) is 3.81. The summed E-state index contributed by atoms with van der Waals surface area (Å²) in [7, 11) is 0. The van der Waals surface area contributed by atoms with Crippen LogP contribution in [0.1, 0.15) is 47.7 Å². The third-order valence-electron chi connectivity index (χ3n) is 3.81. The molecule has 0 spiro atoms. The Morgan fingerprint density at radius 1 is 1.43 bits per heavy atom. The number of aromatic nitrogens is 3. The average Bonchev–Trinajstić information content (AvgIpc) is 3.20. The molecule has 5 heteroatoms. The van der Waals surface area contributed by atoms with Gasteiger partial charge in [-0.25, -0.2) is 0 Å². The van der Waals surface area contributed by atoms with Gasteiger partial charge in [-0.2, -0.15) is 5.10 Å². The first-order chi connectivity index (χ1) is 10.2. The molecule has 3 rings (SSSR count). The van der Waals surface area contributed by atoms with E-state index in [4.69, 9.17) is 0 Å². The molecule has 1 aliphatic rings. The van der Waals surface area contributed by atoms with Gasteiger partial charge in [0, 0.05) is 18.4 Å². The number of pyridine rings is 1. The molecule has 1 N–H and O–H groups in total. The normalized spacial score (nSPS) is 15.7. The lowest BCUT2D eigenvalue weighted by Crippen LogP contribution is -2.31. The van der Waals surface area contributed by atoms with Crippen molar-refractivity contribution in [2.45, 2.75) is 39.3 Å². The van der Waals surface area contributed by atoms with E-state index < -0.39 is 0 Å². The molecule has 0 aromatic carbocycles. The van der Waals surface area contributed by atoms with Crippen LogP contribution in [0.15, 0.2) is 30.5 Å². The number of rotatable bonds is 5. The topological polar surface area (TPSA) is 59.8 Å². The average molecular weight is 284 g/mol. The van der Waals surface area contributed by atoms with E-state index in [1.807, 2.05) is 38.2 Å². The van der Waals surface area contributed by atoms with E-state index in [0.717, 1.165) is 30.8 Å². The summed E-state index contributed by atoms with van der Waals surface area (Å²) in [6.45, 7) is 4.73.